The number of halogens is 2. The van der Waals surface area contributed by atoms with Crippen LogP contribution in [0.1, 0.15) is 16.1 Å². The Morgan fingerprint density at radius 3 is 2.67 bits per heavy atom. The van der Waals surface area contributed by atoms with E-state index >= 15 is 0 Å². The van der Waals surface area contributed by atoms with E-state index in [1.165, 1.54) is 6.07 Å². The van der Waals surface area contributed by atoms with Crippen molar-refractivity contribution >= 4 is 52.2 Å². The van der Waals surface area contributed by atoms with E-state index in [-0.39, 0.29) is 5.56 Å². The first-order valence-corrected chi connectivity index (χ1v) is 10.6. The summed E-state index contributed by atoms with van der Waals surface area (Å²) in [6, 6.07) is 20.7. The molecule has 0 spiro atoms. The van der Waals surface area contributed by atoms with Crippen LogP contribution in [0, 0.1) is 0 Å². The lowest BCUT2D eigenvalue weighted by atomic mass is 10.1. The third-order valence-electron chi connectivity index (χ3n) is 4.91. The highest BCUT2D eigenvalue weighted by molar-refractivity contribution is 6.43. The maximum Gasteiger partial charge on any atom is 0.335 e. The number of furan rings is 1. The first kappa shape index (κ1) is 21.0. The molecule has 2 aromatic heterocycles. The predicted octanol–water partition coefficient (Wildman–Crippen LogP) is 7.51. The Morgan fingerprint density at radius 1 is 0.970 bits per heavy atom. The molecule has 0 aliphatic heterocycles. The van der Waals surface area contributed by atoms with Crippen LogP contribution >= 0.6 is 23.2 Å². The molecule has 33 heavy (non-hydrogen) atoms. The predicted molar refractivity (Wildman–Crippen MR) is 128 cm³/mol. The first-order valence-electron chi connectivity index (χ1n) is 9.80. The fourth-order valence-electron chi connectivity index (χ4n) is 3.30. The zero-order valence-corrected chi connectivity index (χ0v) is 18.3. The molecule has 8 heteroatoms. The molecule has 0 saturated carbocycles. The molecule has 0 unspecified atom stereocenters. The molecule has 0 amide bonds. The lowest BCUT2D eigenvalue weighted by molar-refractivity contribution is 0.0697. The van der Waals surface area contributed by atoms with Crippen LogP contribution in [0.15, 0.2) is 86.6 Å². The quantitative estimate of drug-likeness (QED) is 0.265. The molecule has 0 aliphatic carbocycles. The SMILES string of the molecule is O=C(O)c1cccc(-c2ccc(C=Nc3ccc4oc(-c5cccc(Cl)c5Cl)nc4c3)o2)c1. The third kappa shape index (κ3) is 4.26. The number of hydrogen-bond acceptors (Lipinski definition) is 5. The van der Waals surface area contributed by atoms with Crippen LogP contribution in [0.5, 0.6) is 0 Å². The van der Waals surface area contributed by atoms with E-state index in [0.29, 0.717) is 55.4 Å². The van der Waals surface area contributed by atoms with Crippen molar-refractivity contribution in [2.75, 3.05) is 0 Å². The number of nitrogens with zero attached hydrogens (tertiary/aromatic N) is 2. The Bertz CT molecular complexity index is 1530. The molecular formula is C25H14Cl2N2O4. The van der Waals surface area contributed by atoms with Crippen LogP contribution in [-0.4, -0.2) is 22.3 Å². The summed E-state index contributed by atoms with van der Waals surface area (Å²) in [6.45, 7) is 0. The Labute approximate surface area is 197 Å². The summed E-state index contributed by atoms with van der Waals surface area (Å²) in [6.07, 6.45) is 1.58. The summed E-state index contributed by atoms with van der Waals surface area (Å²) in [5.41, 5.74) is 3.36. The molecule has 0 atom stereocenters. The van der Waals surface area contributed by atoms with Crippen molar-refractivity contribution in [1.29, 1.82) is 0 Å². The molecule has 0 bridgehead atoms. The average molecular weight is 477 g/mol. The van der Waals surface area contributed by atoms with Crippen LogP contribution in [-0.2, 0) is 0 Å². The van der Waals surface area contributed by atoms with Crippen molar-refractivity contribution in [3.63, 3.8) is 0 Å². The highest BCUT2D eigenvalue weighted by Gasteiger charge is 2.14. The second-order valence-electron chi connectivity index (χ2n) is 7.12. The molecular weight excluding hydrogens is 463 g/mol. The zero-order valence-electron chi connectivity index (χ0n) is 16.8. The van der Waals surface area contributed by atoms with Gasteiger partial charge in [-0.15, -0.1) is 0 Å². The van der Waals surface area contributed by atoms with Crippen LogP contribution in [0.4, 0.5) is 5.69 Å². The molecule has 2 heterocycles. The molecule has 0 fully saturated rings. The van der Waals surface area contributed by atoms with Crippen LogP contribution in [0.3, 0.4) is 0 Å². The van der Waals surface area contributed by atoms with Gasteiger partial charge in [-0.25, -0.2) is 9.78 Å². The van der Waals surface area contributed by atoms with E-state index in [0.717, 1.165) is 0 Å². The van der Waals surface area contributed by atoms with Gasteiger partial charge in [-0.1, -0.05) is 41.4 Å². The maximum atomic E-state index is 11.2. The molecule has 3 aromatic carbocycles. The van der Waals surface area contributed by atoms with Gasteiger partial charge in [0.25, 0.3) is 0 Å². The molecule has 5 rings (SSSR count). The van der Waals surface area contributed by atoms with Gasteiger partial charge in [0.15, 0.2) is 5.58 Å². The number of carboxylic acids is 1. The van der Waals surface area contributed by atoms with Crippen molar-refractivity contribution in [2.45, 2.75) is 0 Å². The van der Waals surface area contributed by atoms with Crippen molar-refractivity contribution < 1.29 is 18.7 Å². The minimum absolute atomic E-state index is 0.193. The summed E-state index contributed by atoms with van der Waals surface area (Å²) in [5, 5.41) is 9.97. The smallest absolute Gasteiger partial charge is 0.335 e. The summed E-state index contributed by atoms with van der Waals surface area (Å²) in [5.74, 6) is 0.457. The monoisotopic (exact) mass is 476 g/mol. The summed E-state index contributed by atoms with van der Waals surface area (Å²) in [4.78, 5) is 20.1. The Hall–Kier alpha value is -3.87. The van der Waals surface area contributed by atoms with Gasteiger partial charge >= 0.3 is 5.97 Å². The Kier molecular flexibility index (Phi) is 5.46. The minimum atomic E-state index is -0.991. The van der Waals surface area contributed by atoms with Crippen LogP contribution < -0.4 is 0 Å². The fourth-order valence-corrected chi connectivity index (χ4v) is 3.68. The molecule has 6 nitrogen and oxygen atoms in total. The van der Waals surface area contributed by atoms with Gasteiger partial charge < -0.3 is 13.9 Å². The number of benzene rings is 3. The Balaban J connectivity index is 1.39. The summed E-state index contributed by atoms with van der Waals surface area (Å²) in [7, 11) is 0. The van der Waals surface area contributed by atoms with Gasteiger partial charge in [0.2, 0.25) is 5.89 Å². The van der Waals surface area contributed by atoms with Gasteiger partial charge in [0, 0.05) is 5.56 Å². The molecule has 5 aromatic rings. The third-order valence-corrected chi connectivity index (χ3v) is 5.73. The maximum absolute atomic E-state index is 11.2. The number of carboxylic acid groups (broad SMARTS) is 1. The number of aromatic carboxylic acids is 1. The standard InChI is InChI=1S/C25H14Cl2N2O4/c26-19-6-2-5-18(23(19)27)24-29-20-12-16(7-9-22(20)33-24)28-13-17-8-10-21(32-17)14-3-1-4-15(11-14)25(30)31/h1-13H,(H,30,31). The Morgan fingerprint density at radius 2 is 1.82 bits per heavy atom. The van der Waals surface area contributed by atoms with Gasteiger partial charge in [-0.3, -0.25) is 4.99 Å². The number of carbonyl (C=O) groups is 1. The number of hydrogen-bond donors (Lipinski definition) is 1. The van der Waals surface area contributed by atoms with E-state index in [1.807, 2.05) is 0 Å². The van der Waals surface area contributed by atoms with Crippen molar-refractivity contribution in [3.8, 4) is 22.8 Å². The van der Waals surface area contributed by atoms with Crippen LogP contribution in [0.25, 0.3) is 33.9 Å². The van der Waals surface area contributed by atoms with E-state index < -0.39 is 5.97 Å². The van der Waals surface area contributed by atoms with Crippen molar-refractivity contribution in [3.05, 3.63) is 94.2 Å². The zero-order chi connectivity index (χ0) is 22.9. The minimum Gasteiger partial charge on any atom is -0.478 e. The lowest BCUT2D eigenvalue weighted by Crippen LogP contribution is -1.95. The first-order chi connectivity index (χ1) is 16.0. The largest absolute Gasteiger partial charge is 0.478 e. The lowest BCUT2D eigenvalue weighted by Gasteiger charge is -2.00. The second-order valence-corrected chi connectivity index (χ2v) is 7.90. The number of fused-ring (bicyclic) bond motifs is 1. The van der Waals surface area contributed by atoms with Crippen molar-refractivity contribution in [1.82, 2.24) is 4.98 Å². The highest BCUT2D eigenvalue weighted by atomic mass is 35.5. The van der Waals surface area contributed by atoms with Gasteiger partial charge in [0.05, 0.1) is 33.1 Å². The number of oxazole rings is 1. The summed E-state index contributed by atoms with van der Waals surface area (Å²) < 4.78 is 11.6. The number of aromatic nitrogens is 1. The van der Waals surface area contributed by atoms with E-state index in [2.05, 4.69) is 9.98 Å². The molecule has 1 N–H and O–H groups in total. The van der Waals surface area contributed by atoms with Gasteiger partial charge in [-0.2, -0.15) is 0 Å². The van der Waals surface area contributed by atoms with Gasteiger partial charge in [0.1, 0.15) is 17.0 Å². The van der Waals surface area contributed by atoms with E-state index in [1.54, 1.807) is 72.9 Å². The average Bonchev–Trinajstić information content (AvgIpc) is 3.46. The molecule has 0 aliphatic rings. The normalized spacial score (nSPS) is 11.5. The molecule has 0 saturated heterocycles. The molecule has 162 valence electrons. The van der Waals surface area contributed by atoms with Crippen molar-refractivity contribution in [2.24, 2.45) is 4.99 Å². The number of aliphatic imine (C=N–C) groups is 1. The van der Waals surface area contributed by atoms with E-state index in [4.69, 9.17) is 37.1 Å². The number of rotatable bonds is 5. The summed E-state index contributed by atoms with van der Waals surface area (Å²) >= 11 is 12.4. The second kappa shape index (κ2) is 8.58. The molecule has 0 radical (unpaired) electrons. The van der Waals surface area contributed by atoms with Crippen LogP contribution in [0.2, 0.25) is 10.0 Å². The highest BCUT2D eigenvalue weighted by Crippen LogP contribution is 2.35. The van der Waals surface area contributed by atoms with Gasteiger partial charge in [-0.05, 0) is 54.6 Å². The topological polar surface area (TPSA) is 88.8 Å². The van der Waals surface area contributed by atoms with E-state index in [9.17, 15) is 4.79 Å². The fraction of sp³-hybridized carbons (Fsp3) is 0.